The van der Waals surface area contributed by atoms with Crippen LogP contribution in [0.2, 0.25) is 0 Å². The minimum Gasteiger partial charge on any atom is -0.372 e. The highest BCUT2D eigenvalue weighted by molar-refractivity contribution is 7.92. The number of hydrogen-bond acceptors (Lipinski definition) is 5. The molecule has 0 aliphatic rings. The van der Waals surface area contributed by atoms with Gasteiger partial charge >= 0.3 is 11.4 Å². The van der Waals surface area contributed by atoms with Gasteiger partial charge in [0.1, 0.15) is 0 Å². The number of aromatic amines is 1. The normalized spacial score (nSPS) is 11.5. The highest BCUT2D eigenvalue weighted by Crippen LogP contribution is 2.19. The smallest absolute Gasteiger partial charge is 0.372 e. The van der Waals surface area contributed by atoms with Gasteiger partial charge in [-0.2, -0.15) is 0 Å². The lowest BCUT2D eigenvalue weighted by Gasteiger charge is -2.08. The third kappa shape index (κ3) is 3.02. The van der Waals surface area contributed by atoms with E-state index in [-0.39, 0.29) is 21.5 Å². The maximum absolute atomic E-state index is 12.3. The molecule has 0 fully saturated rings. The molecule has 118 valence electrons. The van der Waals surface area contributed by atoms with E-state index in [0.29, 0.717) is 0 Å². The molecule has 0 saturated carbocycles. The van der Waals surface area contributed by atoms with E-state index < -0.39 is 21.4 Å². The fourth-order valence-electron chi connectivity index (χ4n) is 2.09. The van der Waals surface area contributed by atoms with Gasteiger partial charge in [0.25, 0.3) is 10.0 Å². The molecule has 8 heteroatoms. The number of anilines is 1. The van der Waals surface area contributed by atoms with Gasteiger partial charge in [0.15, 0.2) is 0 Å². The van der Waals surface area contributed by atoms with E-state index in [4.69, 9.17) is 0 Å². The molecule has 0 atom stereocenters. The van der Waals surface area contributed by atoms with Crippen LogP contribution in [0.3, 0.4) is 0 Å². The summed E-state index contributed by atoms with van der Waals surface area (Å²) in [6.07, 6.45) is 0. The van der Waals surface area contributed by atoms with E-state index in [1.807, 2.05) is 6.92 Å². The lowest BCUT2D eigenvalue weighted by molar-refractivity contribution is 0.460. The minimum atomic E-state index is -3.77. The van der Waals surface area contributed by atoms with Crippen LogP contribution in [0, 0.1) is 6.92 Å². The third-order valence-corrected chi connectivity index (χ3v) is 4.64. The molecule has 0 aliphatic carbocycles. The lowest BCUT2D eigenvalue weighted by Crippen LogP contribution is -2.16. The summed E-state index contributed by atoms with van der Waals surface area (Å²) < 4.78 is 31.5. The van der Waals surface area contributed by atoms with Crippen LogP contribution in [0.25, 0.3) is 10.9 Å². The first-order chi connectivity index (χ1) is 10.8. The van der Waals surface area contributed by atoms with Gasteiger partial charge in [-0.15, -0.1) is 0 Å². The summed E-state index contributed by atoms with van der Waals surface area (Å²) >= 11 is 0. The first kappa shape index (κ1) is 15.0. The number of rotatable bonds is 3. The third-order valence-electron chi connectivity index (χ3n) is 3.25. The number of benzene rings is 2. The molecular weight excluding hydrogens is 320 g/mol. The monoisotopic (exact) mass is 332 g/mol. The Bertz CT molecular complexity index is 1100. The second-order valence-corrected chi connectivity index (χ2v) is 6.66. The molecule has 2 aromatic carbocycles. The molecule has 0 unspecified atom stereocenters. The molecular formula is C15H12N2O5S. The maximum Gasteiger partial charge on any atom is 0.419 e. The standard InChI is InChI=1S/C15H12N2O5S/c1-9-2-5-11(6-3-9)23(20,21)17-10-4-7-13-12(8-10)14(18)22-15(19)16-13/h2-8,17H,1H3,(H,16,19). The van der Waals surface area contributed by atoms with Gasteiger partial charge in [0.2, 0.25) is 0 Å². The van der Waals surface area contributed by atoms with Gasteiger partial charge < -0.3 is 4.42 Å². The summed E-state index contributed by atoms with van der Waals surface area (Å²) in [5.41, 5.74) is 0.568. The van der Waals surface area contributed by atoms with Crippen molar-refractivity contribution in [2.24, 2.45) is 0 Å². The zero-order chi connectivity index (χ0) is 16.6. The van der Waals surface area contributed by atoms with E-state index in [9.17, 15) is 18.0 Å². The number of fused-ring (bicyclic) bond motifs is 1. The average molecular weight is 332 g/mol. The molecule has 0 saturated heterocycles. The van der Waals surface area contributed by atoms with Crippen LogP contribution in [0.15, 0.2) is 61.4 Å². The zero-order valence-corrected chi connectivity index (χ0v) is 12.8. The van der Waals surface area contributed by atoms with E-state index in [1.165, 1.54) is 30.3 Å². The molecule has 23 heavy (non-hydrogen) atoms. The number of sulfonamides is 1. The lowest BCUT2D eigenvalue weighted by atomic mass is 10.2. The van der Waals surface area contributed by atoms with Crippen molar-refractivity contribution in [2.75, 3.05) is 4.72 Å². The maximum atomic E-state index is 12.3. The van der Waals surface area contributed by atoms with Crippen molar-refractivity contribution in [3.05, 3.63) is 69.0 Å². The highest BCUT2D eigenvalue weighted by atomic mass is 32.2. The Balaban J connectivity index is 2.02. The van der Waals surface area contributed by atoms with Gasteiger partial charge in [0, 0.05) is 5.69 Å². The molecule has 3 aromatic rings. The summed E-state index contributed by atoms with van der Waals surface area (Å²) in [6.45, 7) is 1.85. The van der Waals surface area contributed by atoms with Crippen molar-refractivity contribution >= 4 is 26.6 Å². The number of nitrogens with one attached hydrogen (secondary N) is 2. The Morgan fingerprint density at radius 2 is 1.74 bits per heavy atom. The topological polar surface area (TPSA) is 109 Å². The second-order valence-electron chi connectivity index (χ2n) is 4.98. The molecule has 0 spiro atoms. The molecule has 0 amide bonds. The first-order valence-corrected chi connectivity index (χ1v) is 8.10. The van der Waals surface area contributed by atoms with Crippen LogP contribution in [-0.4, -0.2) is 13.4 Å². The van der Waals surface area contributed by atoms with E-state index in [0.717, 1.165) is 5.56 Å². The van der Waals surface area contributed by atoms with Crippen molar-refractivity contribution in [1.29, 1.82) is 0 Å². The van der Waals surface area contributed by atoms with Gasteiger partial charge in [-0.05, 0) is 37.3 Å². The predicted molar refractivity (Wildman–Crippen MR) is 85.1 cm³/mol. The van der Waals surface area contributed by atoms with E-state index >= 15 is 0 Å². The highest BCUT2D eigenvalue weighted by Gasteiger charge is 2.14. The summed E-state index contributed by atoms with van der Waals surface area (Å²) in [5, 5.41) is 0.0775. The first-order valence-electron chi connectivity index (χ1n) is 6.62. The number of aryl methyl sites for hydroxylation is 1. The quantitative estimate of drug-likeness (QED) is 0.757. The van der Waals surface area contributed by atoms with Crippen LogP contribution < -0.4 is 16.1 Å². The Morgan fingerprint density at radius 1 is 1.04 bits per heavy atom. The van der Waals surface area contributed by atoms with Gasteiger partial charge in [0.05, 0.1) is 15.8 Å². The van der Waals surface area contributed by atoms with Crippen molar-refractivity contribution in [3.8, 4) is 0 Å². The Morgan fingerprint density at radius 3 is 2.43 bits per heavy atom. The Hall–Kier alpha value is -2.87. The molecule has 0 radical (unpaired) electrons. The molecule has 1 aromatic heterocycles. The van der Waals surface area contributed by atoms with E-state index in [2.05, 4.69) is 14.1 Å². The number of H-pyrrole nitrogens is 1. The second kappa shape index (κ2) is 5.40. The van der Waals surface area contributed by atoms with E-state index in [1.54, 1.807) is 12.1 Å². The van der Waals surface area contributed by atoms with Crippen LogP contribution in [0.4, 0.5) is 5.69 Å². The van der Waals surface area contributed by atoms with Crippen molar-refractivity contribution in [3.63, 3.8) is 0 Å². The molecule has 0 bridgehead atoms. The molecule has 2 N–H and O–H groups in total. The van der Waals surface area contributed by atoms with Gasteiger partial charge in [-0.3, -0.25) is 9.71 Å². The van der Waals surface area contributed by atoms with Crippen molar-refractivity contribution in [2.45, 2.75) is 11.8 Å². The largest absolute Gasteiger partial charge is 0.419 e. The average Bonchev–Trinajstić information content (AvgIpc) is 2.48. The molecule has 3 rings (SSSR count). The Kier molecular flexibility index (Phi) is 3.53. The van der Waals surface area contributed by atoms with Crippen LogP contribution in [-0.2, 0) is 10.0 Å². The fourth-order valence-corrected chi connectivity index (χ4v) is 3.14. The number of hydrogen-bond donors (Lipinski definition) is 2. The molecule has 1 heterocycles. The van der Waals surface area contributed by atoms with Crippen molar-refractivity contribution in [1.82, 2.24) is 4.98 Å². The Labute approximate surface area is 130 Å². The number of aromatic nitrogens is 1. The SMILES string of the molecule is Cc1ccc(S(=O)(=O)Nc2ccc3[nH]c(=O)oc(=O)c3c2)cc1. The van der Waals surface area contributed by atoms with Crippen LogP contribution in [0.1, 0.15) is 5.56 Å². The predicted octanol–water partition coefficient (Wildman–Crippen LogP) is 1.59. The summed E-state index contributed by atoms with van der Waals surface area (Å²) in [6, 6.07) is 10.5. The zero-order valence-electron chi connectivity index (χ0n) is 12.0. The summed E-state index contributed by atoms with van der Waals surface area (Å²) in [4.78, 5) is 25.2. The van der Waals surface area contributed by atoms with Crippen molar-refractivity contribution < 1.29 is 12.8 Å². The summed E-state index contributed by atoms with van der Waals surface area (Å²) in [7, 11) is -3.77. The van der Waals surface area contributed by atoms with Crippen LogP contribution >= 0.6 is 0 Å². The fraction of sp³-hybridized carbons (Fsp3) is 0.0667. The minimum absolute atomic E-state index is 0.0775. The molecule has 0 aliphatic heterocycles. The van der Waals surface area contributed by atoms with Gasteiger partial charge in [-0.25, -0.2) is 18.0 Å². The van der Waals surface area contributed by atoms with Crippen LogP contribution in [0.5, 0.6) is 0 Å². The van der Waals surface area contributed by atoms with Gasteiger partial charge in [-0.1, -0.05) is 17.7 Å². The summed E-state index contributed by atoms with van der Waals surface area (Å²) in [5.74, 6) is -0.865. The molecule has 7 nitrogen and oxygen atoms in total.